The second-order valence-corrected chi connectivity index (χ2v) is 2.57. The Morgan fingerprint density at radius 1 is 1.38 bits per heavy atom. The molecule has 6 nitrogen and oxygen atoms in total. The number of aliphatic hydroxyl groups is 4. The fourth-order valence-electron chi connectivity index (χ4n) is 0.727. The fourth-order valence-corrected chi connectivity index (χ4v) is 0.727. The second kappa shape index (κ2) is 6.01. The average molecular weight is 194 g/mol. The van der Waals surface area contributed by atoms with E-state index in [-0.39, 0.29) is 6.61 Å². The van der Waals surface area contributed by atoms with E-state index in [9.17, 15) is 4.79 Å². The Balaban J connectivity index is 4.08. The van der Waals surface area contributed by atoms with E-state index in [0.717, 1.165) is 0 Å². The Hall–Kier alpha value is -0.530. The van der Waals surface area contributed by atoms with E-state index >= 15 is 0 Å². The van der Waals surface area contributed by atoms with Crippen molar-refractivity contribution in [2.24, 2.45) is 0 Å². The molecule has 0 spiro atoms. The van der Waals surface area contributed by atoms with Gasteiger partial charge < -0.3 is 25.2 Å². The van der Waals surface area contributed by atoms with E-state index in [0.29, 0.717) is 0 Å². The highest BCUT2D eigenvalue weighted by atomic mass is 16.5. The molecule has 0 aromatic carbocycles. The molecular formula is C7H14O6. The summed E-state index contributed by atoms with van der Waals surface area (Å²) in [6, 6.07) is 0. The van der Waals surface area contributed by atoms with Crippen LogP contribution in [0.5, 0.6) is 0 Å². The molecule has 78 valence electrons. The van der Waals surface area contributed by atoms with Crippen LogP contribution in [-0.2, 0) is 9.53 Å². The third kappa shape index (κ3) is 3.79. The summed E-state index contributed by atoms with van der Waals surface area (Å²) in [6.07, 6.45) is -4.84. The molecule has 0 bridgehead atoms. The third-order valence-corrected chi connectivity index (χ3v) is 1.50. The van der Waals surface area contributed by atoms with Gasteiger partial charge in [0.15, 0.2) is 5.78 Å². The van der Waals surface area contributed by atoms with Crippen LogP contribution in [0.4, 0.5) is 0 Å². The molecule has 0 saturated heterocycles. The lowest BCUT2D eigenvalue weighted by Gasteiger charge is -2.17. The second-order valence-electron chi connectivity index (χ2n) is 2.57. The number of carbonyl (C=O) groups is 1. The van der Waals surface area contributed by atoms with Crippen molar-refractivity contribution in [3.63, 3.8) is 0 Å². The van der Waals surface area contributed by atoms with Gasteiger partial charge in [-0.25, -0.2) is 0 Å². The van der Waals surface area contributed by atoms with Gasteiger partial charge >= 0.3 is 0 Å². The van der Waals surface area contributed by atoms with Gasteiger partial charge in [-0.2, -0.15) is 0 Å². The maximum atomic E-state index is 11.0. The van der Waals surface area contributed by atoms with Crippen LogP contribution in [0.15, 0.2) is 0 Å². The van der Waals surface area contributed by atoms with E-state index in [2.05, 4.69) is 4.74 Å². The van der Waals surface area contributed by atoms with Crippen molar-refractivity contribution < 1.29 is 30.0 Å². The van der Waals surface area contributed by atoms with Crippen molar-refractivity contribution in [1.29, 1.82) is 0 Å². The SMILES string of the molecule is COCC(O)C(=O)[C@H](O)[C@H](O)CO. The summed E-state index contributed by atoms with van der Waals surface area (Å²) in [5, 5.41) is 35.2. The van der Waals surface area contributed by atoms with Crippen LogP contribution in [0.1, 0.15) is 0 Å². The largest absolute Gasteiger partial charge is 0.394 e. The predicted molar refractivity (Wildman–Crippen MR) is 42.0 cm³/mol. The van der Waals surface area contributed by atoms with Crippen molar-refractivity contribution in [3.8, 4) is 0 Å². The average Bonchev–Trinajstić information content (AvgIpc) is 2.14. The number of rotatable bonds is 6. The number of aliphatic hydroxyl groups excluding tert-OH is 4. The van der Waals surface area contributed by atoms with Gasteiger partial charge in [-0.05, 0) is 0 Å². The molecule has 1 unspecified atom stereocenters. The number of hydrogen-bond acceptors (Lipinski definition) is 6. The van der Waals surface area contributed by atoms with E-state index in [4.69, 9.17) is 20.4 Å². The molecule has 6 heteroatoms. The molecule has 0 aliphatic carbocycles. The highest BCUT2D eigenvalue weighted by molar-refractivity contribution is 5.87. The maximum Gasteiger partial charge on any atom is 0.194 e. The first-order valence-electron chi connectivity index (χ1n) is 3.72. The molecule has 0 amide bonds. The monoisotopic (exact) mass is 194 g/mol. The van der Waals surface area contributed by atoms with Crippen molar-refractivity contribution in [1.82, 2.24) is 0 Å². The molecule has 0 rings (SSSR count). The molecule has 0 aromatic heterocycles. The maximum absolute atomic E-state index is 11.0. The Kier molecular flexibility index (Phi) is 5.76. The van der Waals surface area contributed by atoms with Crippen LogP contribution in [0.2, 0.25) is 0 Å². The summed E-state index contributed by atoms with van der Waals surface area (Å²) < 4.78 is 4.46. The fraction of sp³-hybridized carbons (Fsp3) is 0.857. The van der Waals surface area contributed by atoms with Crippen LogP contribution < -0.4 is 0 Å². The van der Waals surface area contributed by atoms with Crippen LogP contribution in [0.25, 0.3) is 0 Å². The third-order valence-electron chi connectivity index (χ3n) is 1.50. The van der Waals surface area contributed by atoms with Crippen molar-refractivity contribution in [3.05, 3.63) is 0 Å². The summed E-state index contributed by atoms with van der Waals surface area (Å²) in [7, 11) is 1.28. The number of hydrogen-bond donors (Lipinski definition) is 4. The zero-order valence-electron chi connectivity index (χ0n) is 7.25. The Morgan fingerprint density at radius 3 is 2.31 bits per heavy atom. The Morgan fingerprint density at radius 2 is 1.92 bits per heavy atom. The lowest BCUT2D eigenvalue weighted by Crippen LogP contribution is -2.43. The summed E-state index contributed by atoms with van der Waals surface area (Å²) in [5.74, 6) is -0.969. The van der Waals surface area contributed by atoms with Crippen molar-refractivity contribution in [2.45, 2.75) is 18.3 Å². The quantitative estimate of drug-likeness (QED) is 0.366. The zero-order valence-corrected chi connectivity index (χ0v) is 7.25. The minimum absolute atomic E-state index is 0.256. The van der Waals surface area contributed by atoms with Crippen LogP contribution in [0, 0.1) is 0 Å². The van der Waals surface area contributed by atoms with Gasteiger partial charge in [-0.1, -0.05) is 0 Å². The minimum atomic E-state index is -1.78. The predicted octanol–water partition coefficient (Wildman–Crippen LogP) is -2.72. The van der Waals surface area contributed by atoms with Crippen molar-refractivity contribution in [2.75, 3.05) is 20.3 Å². The molecule has 0 fully saturated rings. The lowest BCUT2D eigenvalue weighted by atomic mass is 10.1. The molecule has 0 radical (unpaired) electrons. The minimum Gasteiger partial charge on any atom is -0.394 e. The highest BCUT2D eigenvalue weighted by Gasteiger charge is 2.28. The first kappa shape index (κ1) is 12.5. The molecular weight excluding hydrogens is 180 g/mol. The highest BCUT2D eigenvalue weighted by Crippen LogP contribution is 1.99. The van der Waals surface area contributed by atoms with Gasteiger partial charge in [0.1, 0.15) is 18.3 Å². The standard InChI is InChI=1S/C7H14O6/c1-13-3-5(10)7(12)6(11)4(9)2-8/h4-6,8-11H,2-3H2,1H3/t4-,5?,6-/m1/s1. The molecule has 0 aliphatic heterocycles. The van der Waals surface area contributed by atoms with Gasteiger partial charge in [0.2, 0.25) is 0 Å². The van der Waals surface area contributed by atoms with Gasteiger partial charge in [0, 0.05) is 7.11 Å². The van der Waals surface area contributed by atoms with Crippen molar-refractivity contribution >= 4 is 5.78 Å². The molecule has 3 atom stereocenters. The topological polar surface area (TPSA) is 107 Å². The van der Waals surface area contributed by atoms with E-state index in [1.165, 1.54) is 7.11 Å². The number of ketones is 1. The van der Waals surface area contributed by atoms with Crippen LogP contribution >= 0.6 is 0 Å². The normalized spacial score (nSPS) is 17.9. The van der Waals surface area contributed by atoms with E-state index < -0.39 is 30.7 Å². The molecule has 0 saturated carbocycles. The van der Waals surface area contributed by atoms with Gasteiger partial charge in [-0.15, -0.1) is 0 Å². The summed E-state index contributed by atoms with van der Waals surface area (Å²) >= 11 is 0. The van der Waals surface area contributed by atoms with E-state index in [1.807, 2.05) is 0 Å². The van der Waals surface area contributed by atoms with Crippen LogP contribution in [0.3, 0.4) is 0 Å². The Labute approximate surface area is 75.4 Å². The number of Topliss-reactive ketones (excluding diaryl/α,β-unsaturated/α-hetero) is 1. The number of carbonyl (C=O) groups excluding carboxylic acids is 1. The Bertz CT molecular complexity index is 159. The van der Waals surface area contributed by atoms with Crippen LogP contribution in [-0.4, -0.2) is 64.8 Å². The number of methoxy groups -OCH3 is 1. The first-order chi connectivity index (χ1) is 6.04. The molecule has 4 N–H and O–H groups in total. The number of ether oxygens (including phenoxy) is 1. The van der Waals surface area contributed by atoms with Gasteiger partial charge in [0.25, 0.3) is 0 Å². The molecule has 13 heavy (non-hydrogen) atoms. The summed E-state index contributed by atoms with van der Waals surface area (Å²) in [6.45, 7) is -0.999. The van der Waals surface area contributed by atoms with Gasteiger partial charge in [-0.3, -0.25) is 4.79 Å². The zero-order chi connectivity index (χ0) is 10.4. The summed E-state index contributed by atoms with van der Waals surface area (Å²) in [5.41, 5.74) is 0. The molecule has 0 aromatic rings. The summed E-state index contributed by atoms with van der Waals surface area (Å²) in [4.78, 5) is 11.0. The van der Waals surface area contributed by atoms with Gasteiger partial charge in [0.05, 0.1) is 13.2 Å². The molecule has 0 heterocycles. The smallest absolute Gasteiger partial charge is 0.194 e. The van der Waals surface area contributed by atoms with E-state index in [1.54, 1.807) is 0 Å². The molecule has 0 aliphatic rings. The first-order valence-corrected chi connectivity index (χ1v) is 3.72. The lowest BCUT2D eigenvalue weighted by molar-refractivity contribution is -0.145.